The number of pyridine rings is 1. The number of hydrogen-bond donors (Lipinski definition) is 2. The highest BCUT2D eigenvalue weighted by atomic mass is 16.6. The average molecular weight is 533 g/mol. The Bertz CT molecular complexity index is 1120. The first-order valence-electron chi connectivity index (χ1n) is 12.0. The molecule has 1 aromatic heterocycles. The number of aromatic hydroxyl groups is 1. The minimum atomic E-state index is -1.25. The first kappa shape index (κ1) is 28.5. The summed E-state index contributed by atoms with van der Waals surface area (Å²) in [6.07, 6.45) is -1.55. The number of cyclic esters (lactones) is 1. The summed E-state index contributed by atoms with van der Waals surface area (Å²) in [5, 5.41) is 12.7. The maximum atomic E-state index is 13.0. The largest absolute Gasteiger partial charge is 0.503 e. The number of hydrogen-bond acceptors (Lipinski definition) is 11. The Balaban J connectivity index is 1.82. The Morgan fingerprint density at radius 1 is 1.08 bits per heavy atom. The van der Waals surface area contributed by atoms with Gasteiger partial charge in [-0.3, -0.25) is 9.59 Å². The minimum absolute atomic E-state index is 0.0420. The third-order valence-electron chi connectivity index (χ3n) is 5.68. The van der Waals surface area contributed by atoms with E-state index in [9.17, 15) is 19.5 Å². The lowest BCUT2D eigenvalue weighted by atomic mass is 10.1. The fourth-order valence-electron chi connectivity index (χ4n) is 3.57. The van der Waals surface area contributed by atoms with Crippen LogP contribution in [0.5, 0.6) is 23.0 Å². The molecule has 0 spiro atoms. The molecule has 1 saturated heterocycles. The number of nitrogens with one attached hydrogen (secondary N) is 1. The van der Waals surface area contributed by atoms with Crippen molar-refractivity contribution < 1.29 is 47.9 Å². The zero-order chi connectivity index (χ0) is 27.8. The van der Waals surface area contributed by atoms with Gasteiger partial charge in [-0.2, -0.15) is 0 Å². The zero-order valence-corrected chi connectivity index (χ0v) is 21.8. The number of nitrogens with zero attached hydrogens (tertiary/aromatic N) is 1. The molecule has 2 N–H and O–H groups in total. The molecule has 1 aliphatic heterocycles. The van der Waals surface area contributed by atoms with E-state index >= 15 is 0 Å². The van der Waals surface area contributed by atoms with Gasteiger partial charge in [-0.05, 0) is 31.2 Å². The monoisotopic (exact) mass is 532 g/mol. The second-order valence-corrected chi connectivity index (χ2v) is 8.80. The molecule has 12 nitrogen and oxygen atoms in total. The van der Waals surface area contributed by atoms with E-state index in [0.29, 0.717) is 11.5 Å². The molecule has 0 aliphatic carbocycles. The normalized spacial score (nSPS) is 21.8. The van der Waals surface area contributed by atoms with Gasteiger partial charge in [0.1, 0.15) is 17.6 Å². The van der Waals surface area contributed by atoms with E-state index in [1.54, 1.807) is 52.1 Å². The molecule has 0 radical (unpaired) electrons. The highest BCUT2D eigenvalue weighted by Crippen LogP contribution is 2.28. The molecule has 2 aromatic rings. The van der Waals surface area contributed by atoms with Crippen LogP contribution in [0.3, 0.4) is 0 Å². The van der Waals surface area contributed by atoms with Gasteiger partial charge in [0.15, 0.2) is 35.4 Å². The second-order valence-electron chi connectivity index (χ2n) is 8.80. The molecular formula is C26H32N2O10. The van der Waals surface area contributed by atoms with Crippen molar-refractivity contribution in [3.63, 3.8) is 0 Å². The van der Waals surface area contributed by atoms with Crippen molar-refractivity contribution in [1.29, 1.82) is 0 Å². The maximum Gasteiger partial charge on any atom is 0.331 e. The smallest absolute Gasteiger partial charge is 0.331 e. The zero-order valence-electron chi connectivity index (χ0n) is 21.8. The molecule has 1 aromatic carbocycles. The van der Waals surface area contributed by atoms with Crippen LogP contribution in [-0.4, -0.2) is 79.7 Å². The number of aromatic nitrogens is 1. The third kappa shape index (κ3) is 7.03. The van der Waals surface area contributed by atoms with Crippen molar-refractivity contribution in [2.45, 2.75) is 45.1 Å². The standard InChI is InChI=1S/C26H32N2O10/c1-14(2)25(31)38-23-15(3)36-26(32)18(28-24(30)21-22(29)19(34-5)10-11-27-21)12-35-13-20(23)37-17-8-6-16(33-4)7-9-17/h6-11,14-15,18,20,23,29H,12-13H2,1-5H3,(H,28,30). The summed E-state index contributed by atoms with van der Waals surface area (Å²) in [6, 6.07) is 6.90. The topological polar surface area (TPSA) is 152 Å². The van der Waals surface area contributed by atoms with E-state index in [0.717, 1.165) is 0 Å². The highest BCUT2D eigenvalue weighted by Gasteiger charge is 2.39. The van der Waals surface area contributed by atoms with E-state index in [1.807, 2.05) is 0 Å². The molecule has 0 saturated carbocycles. The molecule has 0 bridgehead atoms. The quantitative estimate of drug-likeness (QED) is 0.479. The van der Waals surface area contributed by atoms with E-state index in [-0.39, 0.29) is 24.7 Å². The Hall–Kier alpha value is -4.06. The molecule has 2 heterocycles. The van der Waals surface area contributed by atoms with Crippen molar-refractivity contribution in [3.8, 4) is 23.0 Å². The van der Waals surface area contributed by atoms with E-state index < -0.39 is 53.9 Å². The average Bonchev–Trinajstić information content (AvgIpc) is 2.94. The Labute approximate surface area is 220 Å². The Kier molecular flexibility index (Phi) is 9.72. The van der Waals surface area contributed by atoms with Crippen LogP contribution in [0.4, 0.5) is 0 Å². The van der Waals surface area contributed by atoms with Crippen LogP contribution in [0.15, 0.2) is 36.5 Å². The van der Waals surface area contributed by atoms with Crippen molar-refractivity contribution in [2.24, 2.45) is 5.92 Å². The van der Waals surface area contributed by atoms with Gasteiger partial charge in [-0.15, -0.1) is 0 Å². The summed E-state index contributed by atoms with van der Waals surface area (Å²) in [4.78, 5) is 42.1. The number of methoxy groups -OCH3 is 2. The third-order valence-corrected chi connectivity index (χ3v) is 5.68. The van der Waals surface area contributed by atoms with Crippen LogP contribution >= 0.6 is 0 Å². The Morgan fingerprint density at radius 2 is 1.76 bits per heavy atom. The number of rotatable bonds is 8. The van der Waals surface area contributed by atoms with E-state index in [4.69, 9.17) is 28.4 Å². The summed E-state index contributed by atoms with van der Waals surface area (Å²) in [5.41, 5.74) is -0.338. The number of esters is 2. The van der Waals surface area contributed by atoms with Gasteiger partial charge in [0.2, 0.25) is 0 Å². The highest BCUT2D eigenvalue weighted by molar-refractivity contribution is 5.98. The molecule has 4 unspecified atom stereocenters. The molecule has 1 fully saturated rings. The molecular weight excluding hydrogens is 500 g/mol. The Morgan fingerprint density at radius 3 is 2.39 bits per heavy atom. The lowest BCUT2D eigenvalue weighted by molar-refractivity contribution is -0.176. The van der Waals surface area contributed by atoms with Gasteiger partial charge < -0.3 is 38.8 Å². The lowest BCUT2D eigenvalue weighted by Crippen LogP contribution is -2.48. The van der Waals surface area contributed by atoms with Crippen molar-refractivity contribution >= 4 is 17.8 Å². The number of benzene rings is 1. The number of amides is 1. The van der Waals surface area contributed by atoms with Crippen LogP contribution < -0.4 is 19.5 Å². The molecule has 3 rings (SSSR count). The minimum Gasteiger partial charge on any atom is -0.503 e. The van der Waals surface area contributed by atoms with Gasteiger partial charge in [0.25, 0.3) is 5.91 Å². The van der Waals surface area contributed by atoms with Gasteiger partial charge in [0, 0.05) is 12.3 Å². The summed E-state index contributed by atoms with van der Waals surface area (Å²) >= 11 is 0. The van der Waals surface area contributed by atoms with E-state index in [1.165, 1.54) is 19.4 Å². The first-order valence-corrected chi connectivity index (χ1v) is 12.0. The summed E-state index contributed by atoms with van der Waals surface area (Å²) in [7, 11) is 2.87. The van der Waals surface area contributed by atoms with Crippen LogP contribution in [0.1, 0.15) is 31.3 Å². The van der Waals surface area contributed by atoms with Gasteiger partial charge in [-0.25, -0.2) is 9.78 Å². The fraction of sp³-hybridized carbons (Fsp3) is 0.462. The summed E-state index contributed by atoms with van der Waals surface area (Å²) in [6.45, 7) is 4.53. The van der Waals surface area contributed by atoms with Crippen molar-refractivity contribution in [3.05, 3.63) is 42.2 Å². The number of carbonyl (C=O) groups is 3. The predicted octanol–water partition coefficient (Wildman–Crippen LogP) is 1.88. The van der Waals surface area contributed by atoms with Crippen LogP contribution in [-0.2, 0) is 23.8 Å². The van der Waals surface area contributed by atoms with Crippen LogP contribution in [0, 0.1) is 5.92 Å². The molecule has 206 valence electrons. The molecule has 1 amide bonds. The molecule has 38 heavy (non-hydrogen) atoms. The number of carbonyl (C=O) groups excluding carboxylic acids is 3. The van der Waals surface area contributed by atoms with Crippen LogP contribution in [0.25, 0.3) is 0 Å². The molecule has 1 aliphatic rings. The summed E-state index contributed by atoms with van der Waals surface area (Å²) < 4.78 is 33.2. The predicted molar refractivity (Wildman–Crippen MR) is 132 cm³/mol. The fourth-order valence-corrected chi connectivity index (χ4v) is 3.57. The maximum absolute atomic E-state index is 13.0. The van der Waals surface area contributed by atoms with E-state index in [2.05, 4.69) is 10.3 Å². The van der Waals surface area contributed by atoms with Crippen molar-refractivity contribution in [2.75, 3.05) is 27.4 Å². The summed E-state index contributed by atoms with van der Waals surface area (Å²) in [5.74, 6) is -1.98. The molecule has 4 atom stereocenters. The second kappa shape index (κ2) is 13.0. The van der Waals surface area contributed by atoms with Gasteiger partial charge >= 0.3 is 11.9 Å². The number of ether oxygens (including phenoxy) is 6. The lowest BCUT2D eigenvalue weighted by Gasteiger charge is -2.31. The first-order chi connectivity index (χ1) is 18.1. The molecule has 12 heteroatoms. The SMILES string of the molecule is COc1ccc(OC2COCC(NC(=O)c3nccc(OC)c3O)C(=O)OC(C)C2OC(=O)C(C)C)cc1. The van der Waals surface area contributed by atoms with Crippen LogP contribution in [0.2, 0.25) is 0 Å². The van der Waals surface area contributed by atoms with Gasteiger partial charge in [-0.1, -0.05) is 13.8 Å². The van der Waals surface area contributed by atoms with Crippen molar-refractivity contribution in [1.82, 2.24) is 10.3 Å². The van der Waals surface area contributed by atoms with Gasteiger partial charge in [0.05, 0.1) is 33.4 Å².